The van der Waals surface area contributed by atoms with E-state index in [0.717, 1.165) is 36.8 Å². The summed E-state index contributed by atoms with van der Waals surface area (Å²) in [5.74, 6) is 0.897. The highest BCUT2D eigenvalue weighted by Gasteiger charge is 2.28. The summed E-state index contributed by atoms with van der Waals surface area (Å²) >= 11 is 0. The molecule has 1 aromatic heterocycles. The van der Waals surface area contributed by atoms with Gasteiger partial charge in [0.1, 0.15) is 0 Å². The molecule has 1 aliphatic heterocycles. The summed E-state index contributed by atoms with van der Waals surface area (Å²) in [7, 11) is 1.89. The Morgan fingerprint density at radius 2 is 1.97 bits per heavy atom. The molecule has 2 aromatic carbocycles. The zero-order valence-electron chi connectivity index (χ0n) is 18.8. The van der Waals surface area contributed by atoms with Gasteiger partial charge in [-0.2, -0.15) is 5.10 Å². The number of anilines is 1. The number of aromatic nitrogens is 2. The number of amides is 3. The van der Waals surface area contributed by atoms with Crippen molar-refractivity contribution < 1.29 is 14.3 Å². The van der Waals surface area contributed by atoms with Gasteiger partial charge >= 0.3 is 6.03 Å². The Balaban J connectivity index is 1.26. The second-order valence-electron chi connectivity index (χ2n) is 8.80. The maximum atomic E-state index is 12.3. The van der Waals surface area contributed by atoms with Crippen molar-refractivity contribution in [1.29, 1.82) is 0 Å². The van der Waals surface area contributed by atoms with Crippen LogP contribution in [-0.2, 0) is 23.2 Å². The fourth-order valence-corrected chi connectivity index (χ4v) is 4.62. The number of hydrogen-bond acceptors (Lipinski definition) is 4. The van der Waals surface area contributed by atoms with Gasteiger partial charge in [-0.25, -0.2) is 4.79 Å². The summed E-state index contributed by atoms with van der Waals surface area (Å²) in [6.07, 6.45) is 5.76. The van der Waals surface area contributed by atoms with E-state index >= 15 is 0 Å². The number of hydrogen-bond donors (Lipinski definition) is 1. The Hall–Kier alpha value is -3.45. The van der Waals surface area contributed by atoms with Gasteiger partial charge in [0.15, 0.2) is 5.82 Å². The van der Waals surface area contributed by atoms with Crippen molar-refractivity contribution in [2.24, 2.45) is 13.0 Å². The van der Waals surface area contributed by atoms with Crippen molar-refractivity contribution >= 4 is 34.2 Å². The molecular formula is C26H28N4O3. The monoisotopic (exact) mass is 444 g/mol. The highest BCUT2D eigenvalue weighted by Crippen LogP contribution is 2.34. The van der Waals surface area contributed by atoms with Crippen molar-refractivity contribution in [3.05, 3.63) is 65.7 Å². The third-order valence-electron chi connectivity index (χ3n) is 6.50. The molecule has 0 saturated carbocycles. The SMILES string of the molecule is Cn1nc(N2CCC(=O)NC2=O)c2ccc(C3=CCC(COCc4ccccc4)CC3)cc21. The first-order chi connectivity index (χ1) is 16.1. The molecule has 1 fully saturated rings. The first-order valence-electron chi connectivity index (χ1n) is 11.5. The zero-order chi connectivity index (χ0) is 22.8. The van der Waals surface area contributed by atoms with Crippen molar-refractivity contribution in [3.63, 3.8) is 0 Å². The normalized spacial score (nSPS) is 19.0. The second kappa shape index (κ2) is 9.19. The Morgan fingerprint density at radius 3 is 2.73 bits per heavy atom. The van der Waals surface area contributed by atoms with Crippen LogP contribution in [-0.4, -0.2) is 34.9 Å². The molecule has 7 heteroatoms. The molecule has 1 unspecified atom stereocenters. The Bertz CT molecular complexity index is 1220. The number of benzene rings is 2. The Kier molecular flexibility index (Phi) is 5.96. The Labute approximate surface area is 193 Å². The lowest BCUT2D eigenvalue weighted by Crippen LogP contribution is -2.49. The molecule has 170 valence electrons. The van der Waals surface area contributed by atoms with Crippen molar-refractivity contribution in [2.45, 2.75) is 32.3 Å². The van der Waals surface area contributed by atoms with E-state index in [4.69, 9.17) is 4.74 Å². The fourth-order valence-electron chi connectivity index (χ4n) is 4.62. The predicted molar refractivity (Wildman–Crippen MR) is 128 cm³/mol. The van der Waals surface area contributed by atoms with E-state index < -0.39 is 6.03 Å². The van der Waals surface area contributed by atoms with Crippen molar-refractivity contribution in [2.75, 3.05) is 18.1 Å². The van der Waals surface area contributed by atoms with Gasteiger partial charge < -0.3 is 4.74 Å². The number of nitrogens with zero attached hydrogens (tertiary/aromatic N) is 3. The van der Waals surface area contributed by atoms with E-state index in [1.54, 1.807) is 4.90 Å². The van der Waals surface area contributed by atoms with Crippen LogP contribution < -0.4 is 10.2 Å². The van der Waals surface area contributed by atoms with Gasteiger partial charge in [0.05, 0.1) is 18.7 Å². The van der Waals surface area contributed by atoms with Gasteiger partial charge in [-0.3, -0.25) is 19.7 Å². The molecular weight excluding hydrogens is 416 g/mol. The lowest BCUT2D eigenvalue weighted by Gasteiger charge is -2.24. The number of rotatable bonds is 6. The highest BCUT2D eigenvalue weighted by molar-refractivity contribution is 6.09. The predicted octanol–water partition coefficient (Wildman–Crippen LogP) is 4.42. The van der Waals surface area contributed by atoms with Gasteiger partial charge in [-0.1, -0.05) is 42.5 Å². The van der Waals surface area contributed by atoms with Crippen LogP contribution in [0.15, 0.2) is 54.6 Å². The molecule has 1 N–H and O–H groups in total. The molecule has 2 aliphatic rings. The van der Waals surface area contributed by atoms with Crippen LogP contribution in [0.1, 0.15) is 36.8 Å². The minimum Gasteiger partial charge on any atom is -0.376 e. The molecule has 5 rings (SSSR count). The van der Waals surface area contributed by atoms with Crippen LogP contribution in [0.4, 0.5) is 10.6 Å². The largest absolute Gasteiger partial charge is 0.376 e. The summed E-state index contributed by atoms with van der Waals surface area (Å²) in [5.41, 5.74) is 4.72. The molecule has 0 bridgehead atoms. The summed E-state index contributed by atoms with van der Waals surface area (Å²) in [5, 5.41) is 7.86. The lowest BCUT2D eigenvalue weighted by atomic mass is 9.87. The van der Waals surface area contributed by atoms with Gasteiger partial charge in [-0.15, -0.1) is 0 Å². The van der Waals surface area contributed by atoms with Gasteiger partial charge in [0, 0.05) is 25.4 Å². The minimum absolute atomic E-state index is 0.244. The van der Waals surface area contributed by atoms with E-state index in [1.807, 2.05) is 36.0 Å². The van der Waals surface area contributed by atoms with Crippen LogP contribution in [0.5, 0.6) is 0 Å². The van der Waals surface area contributed by atoms with E-state index in [-0.39, 0.29) is 12.3 Å². The van der Waals surface area contributed by atoms with Crippen LogP contribution in [0, 0.1) is 5.92 Å². The van der Waals surface area contributed by atoms with Crippen LogP contribution in [0.3, 0.4) is 0 Å². The number of carbonyl (C=O) groups excluding carboxylic acids is 2. The van der Waals surface area contributed by atoms with Crippen molar-refractivity contribution in [1.82, 2.24) is 15.1 Å². The van der Waals surface area contributed by atoms with E-state index in [2.05, 4.69) is 40.8 Å². The maximum Gasteiger partial charge on any atom is 0.329 e. The molecule has 1 saturated heterocycles. The summed E-state index contributed by atoms with van der Waals surface area (Å²) in [6.45, 7) is 1.79. The molecule has 0 radical (unpaired) electrons. The third kappa shape index (κ3) is 4.54. The molecule has 1 atom stereocenters. The summed E-state index contributed by atoms with van der Waals surface area (Å²) in [6, 6.07) is 16.2. The second-order valence-corrected chi connectivity index (χ2v) is 8.80. The van der Waals surface area contributed by atoms with Crippen LogP contribution in [0.2, 0.25) is 0 Å². The molecule has 33 heavy (non-hydrogen) atoms. The van der Waals surface area contributed by atoms with Crippen LogP contribution >= 0.6 is 0 Å². The highest BCUT2D eigenvalue weighted by atomic mass is 16.5. The average molecular weight is 445 g/mol. The first kappa shape index (κ1) is 21.4. The maximum absolute atomic E-state index is 12.3. The molecule has 1 aliphatic carbocycles. The number of aryl methyl sites for hydroxylation is 1. The molecule has 3 amide bonds. The molecule has 0 spiro atoms. The van der Waals surface area contributed by atoms with E-state index in [1.165, 1.54) is 16.7 Å². The van der Waals surface area contributed by atoms with Crippen molar-refractivity contribution in [3.8, 4) is 0 Å². The summed E-state index contributed by atoms with van der Waals surface area (Å²) in [4.78, 5) is 25.3. The molecule has 7 nitrogen and oxygen atoms in total. The number of urea groups is 1. The zero-order valence-corrected chi connectivity index (χ0v) is 18.8. The molecule has 3 aromatic rings. The average Bonchev–Trinajstić information content (AvgIpc) is 3.16. The number of fused-ring (bicyclic) bond motifs is 1. The van der Waals surface area contributed by atoms with E-state index in [0.29, 0.717) is 24.9 Å². The van der Waals surface area contributed by atoms with Gasteiger partial charge in [-0.05, 0) is 54.0 Å². The standard InChI is InChI=1S/C26H28N4O3/c1-29-23-15-21(11-12-22(23)25(28-29)30-14-13-24(31)27-26(30)32)20-9-7-19(8-10-20)17-33-16-18-5-3-2-4-6-18/h2-6,9,11-12,15,19H,7-8,10,13-14,16-17H2,1H3,(H,27,31,32). The molecule has 2 heterocycles. The minimum atomic E-state index is -0.411. The Morgan fingerprint density at radius 1 is 1.12 bits per heavy atom. The number of carbonyl (C=O) groups is 2. The fraction of sp³-hybridized carbons (Fsp3) is 0.346. The third-order valence-corrected chi connectivity index (χ3v) is 6.50. The van der Waals surface area contributed by atoms with E-state index in [9.17, 15) is 9.59 Å². The topological polar surface area (TPSA) is 76.5 Å². The van der Waals surface area contributed by atoms with Gasteiger partial charge in [0.25, 0.3) is 0 Å². The number of nitrogens with one attached hydrogen (secondary N) is 1. The lowest BCUT2D eigenvalue weighted by molar-refractivity contribution is -0.120. The number of ether oxygens (including phenoxy) is 1. The number of imide groups is 1. The van der Waals surface area contributed by atoms with Gasteiger partial charge in [0.2, 0.25) is 5.91 Å². The first-order valence-corrected chi connectivity index (χ1v) is 11.5. The smallest absolute Gasteiger partial charge is 0.329 e. The quantitative estimate of drug-likeness (QED) is 0.611. The van der Waals surface area contributed by atoms with Crippen LogP contribution in [0.25, 0.3) is 16.5 Å². The number of allylic oxidation sites excluding steroid dienone is 2. The summed E-state index contributed by atoms with van der Waals surface area (Å²) < 4.78 is 7.76.